The molecule has 36 heavy (non-hydrogen) atoms. The molecule has 6 heteroatoms. The summed E-state index contributed by atoms with van der Waals surface area (Å²) in [5.74, 6) is 0.511. The van der Waals surface area contributed by atoms with Crippen LogP contribution in [0.3, 0.4) is 0 Å². The van der Waals surface area contributed by atoms with E-state index in [4.69, 9.17) is 14.2 Å². The molecular weight excluding hydrogens is 456 g/mol. The molecule has 2 bridgehead atoms. The van der Waals surface area contributed by atoms with Crippen LogP contribution in [0.25, 0.3) is 0 Å². The molecule has 2 N–H and O–H groups in total. The Morgan fingerprint density at radius 3 is 2.06 bits per heavy atom. The van der Waals surface area contributed by atoms with Crippen molar-refractivity contribution in [2.75, 3.05) is 7.11 Å². The van der Waals surface area contributed by atoms with E-state index in [1.165, 1.54) is 0 Å². The summed E-state index contributed by atoms with van der Waals surface area (Å²) < 4.78 is 16.8. The van der Waals surface area contributed by atoms with Crippen molar-refractivity contribution in [1.29, 1.82) is 0 Å². The Morgan fingerprint density at radius 1 is 0.722 bits per heavy atom. The van der Waals surface area contributed by atoms with E-state index in [1.54, 1.807) is 67.8 Å². The second-order valence-electron chi connectivity index (χ2n) is 9.15. The lowest BCUT2D eigenvalue weighted by atomic mass is 9.54. The van der Waals surface area contributed by atoms with Gasteiger partial charge in [-0.05, 0) is 70.8 Å². The van der Waals surface area contributed by atoms with E-state index in [1.807, 2.05) is 36.4 Å². The maximum absolute atomic E-state index is 13.4. The largest absolute Gasteiger partial charge is 0.497 e. The molecule has 3 aliphatic rings. The number of benzene rings is 4. The summed E-state index contributed by atoms with van der Waals surface area (Å²) in [5, 5.41) is 24.3. The molecule has 0 aromatic heterocycles. The molecule has 0 fully saturated rings. The van der Waals surface area contributed by atoms with Gasteiger partial charge in [0.25, 0.3) is 0 Å². The Hall–Kier alpha value is -4.13. The Kier molecular flexibility index (Phi) is 5.10. The molecule has 3 unspecified atom stereocenters. The maximum atomic E-state index is 13.4. The predicted molar refractivity (Wildman–Crippen MR) is 132 cm³/mol. The van der Waals surface area contributed by atoms with Crippen molar-refractivity contribution in [1.82, 2.24) is 0 Å². The molecular formula is C30H24O6. The zero-order valence-electron chi connectivity index (χ0n) is 19.5. The van der Waals surface area contributed by atoms with Crippen LogP contribution in [-0.2, 0) is 16.0 Å². The molecule has 0 heterocycles. The van der Waals surface area contributed by atoms with Crippen LogP contribution in [0.5, 0.6) is 23.0 Å². The van der Waals surface area contributed by atoms with Crippen LogP contribution < -0.4 is 14.2 Å². The molecule has 0 saturated carbocycles. The Balaban J connectivity index is 1.42. The molecule has 0 aliphatic heterocycles. The first-order chi connectivity index (χ1) is 17.4. The Labute approximate surface area is 208 Å². The van der Waals surface area contributed by atoms with E-state index >= 15 is 0 Å². The van der Waals surface area contributed by atoms with E-state index in [-0.39, 0.29) is 6.42 Å². The third kappa shape index (κ3) is 3.30. The van der Waals surface area contributed by atoms with Crippen LogP contribution in [0.2, 0.25) is 0 Å². The maximum Gasteiger partial charge on any atom is 0.318 e. The molecule has 7 rings (SSSR count). The monoisotopic (exact) mass is 480 g/mol. The highest BCUT2D eigenvalue weighted by Gasteiger charge is 2.62. The molecule has 6 nitrogen and oxygen atoms in total. The fraction of sp³-hybridized carbons (Fsp3) is 0.167. The zero-order chi connectivity index (χ0) is 24.9. The number of carbonyl (C=O) groups is 1. The van der Waals surface area contributed by atoms with E-state index in [0.29, 0.717) is 45.3 Å². The van der Waals surface area contributed by atoms with Crippen molar-refractivity contribution in [3.8, 4) is 23.0 Å². The average Bonchev–Trinajstić information content (AvgIpc) is 2.91. The SMILES string of the molecule is COc1ccc(OC(=O)C2CC3(O)c4ccccc4C2(O)c2ccc(Oc4ccccc4)cc23)cc1. The summed E-state index contributed by atoms with van der Waals surface area (Å²) in [6.07, 6.45) is -0.0305. The minimum Gasteiger partial charge on any atom is -0.497 e. The van der Waals surface area contributed by atoms with Gasteiger partial charge in [0.15, 0.2) is 0 Å². The first-order valence-electron chi connectivity index (χ1n) is 11.7. The lowest BCUT2D eigenvalue weighted by molar-refractivity contribution is -0.157. The van der Waals surface area contributed by atoms with E-state index in [0.717, 1.165) is 0 Å². The van der Waals surface area contributed by atoms with Crippen molar-refractivity contribution in [2.45, 2.75) is 17.6 Å². The second kappa shape index (κ2) is 8.22. The molecule has 0 spiro atoms. The summed E-state index contributed by atoms with van der Waals surface area (Å²) in [6.45, 7) is 0. The standard InChI is InChI=1S/C30H24O6/c1-34-19-11-13-21(14-12-19)36-28(31)27-18-29(32)23-9-5-6-10-24(23)30(27,33)25-16-15-22(17-26(25)29)35-20-7-3-2-4-8-20/h2-17,27,32-33H,18H2,1H3. The minimum absolute atomic E-state index is 0.0305. The average molecular weight is 481 g/mol. The van der Waals surface area contributed by atoms with Gasteiger partial charge in [0.05, 0.1) is 13.0 Å². The lowest BCUT2D eigenvalue weighted by Gasteiger charge is -2.53. The molecule has 0 saturated heterocycles. The number of methoxy groups -OCH3 is 1. The van der Waals surface area contributed by atoms with Gasteiger partial charge in [0, 0.05) is 6.42 Å². The third-order valence-corrected chi connectivity index (χ3v) is 7.18. The van der Waals surface area contributed by atoms with Gasteiger partial charge in [-0.15, -0.1) is 0 Å². The number of hydrogen-bond donors (Lipinski definition) is 2. The Morgan fingerprint density at radius 2 is 1.33 bits per heavy atom. The van der Waals surface area contributed by atoms with E-state index in [2.05, 4.69) is 0 Å². The number of ether oxygens (including phenoxy) is 3. The van der Waals surface area contributed by atoms with Crippen LogP contribution >= 0.6 is 0 Å². The van der Waals surface area contributed by atoms with Gasteiger partial charge in [0.2, 0.25) is 0 Å². The van der Waals surface area contributed by atoms with Gasteiger partial charge in [-0.1, -0.05) is 48.5 Å². The van der Waals surface area contributed by atoms with Crippen LogP contribution in [0, 0.1) is 5.92 Å². The highest BCUT2D eigenvalue weighted by Crippen LogP contribution is 2.60. The van der Waals surface area contributed by atoms with Crippen molar-refractivity contribution in [2.24, 2.45) is 5.92 Å². The highest BCUT2D eigenvalue weighted by molar-refractivity contribution is 5.81. The number of para-hydroxylation sites is 1. The second-order valence-corrected chi connectivity index (χ2v) is 9.15. The number of rotatable bonds is 5. The number of esters is 1. The molecule has 4 aromatic rings. The molecule has 3 aliphatic carbocycles. The predicted octanol–water partition coefficient (Wildman–Crippen LogP) is 4.90. The fourth-order valence-electron chi connectivity index (χ4n) is 5.48. The number of carbonyl (C=O) groups excluding carboxylic acids is 1. The van der Waals surface area contributed by atoms with Crippen molar-refractivity contribution in [3.05, 3.63) is 119 Å². The van der Waals surface area contributed by atoms with E-state index in [9.17, 15) is 15.0 Å². The third-order valence-electron chi connectivity index (χ3n) is 7.18. The van der Waals surface area contributed by atoms with Crippen LogP contribution in [-0.4, -0.2) is 23.3 Å². The smallest absolute Gasteiger partial charge is 0.318 e. The highest BCUT2D eigenvalue weighted by atomic mass is 16.5. The summed E-state index contributed by atoms with van der Waals surface area (Å²) in [5.41, 5.74) is -1.12. The number of hydrogen-bond acceptors (Lipinski definition) is 6. The minimum atomic E-state index is -1.68. The van der Waals surface area contributed by atoms with E-state index < -0.39 is 23.1 Å². The zero-order valence-corrected chi connectivity index (χ0v) is 19.5. The Bertz CT molecular complexity index is 1450. The van der Waals surface area contributed by atoms with Crippen molar-refractivity contribution in [3.63, 3.8) is 0 Å². The molecule has 4 aromatic carbocycles. The normalized spacial score (nSPS) is 23.4. The van der Waals surface area contributed by atoms with Crippen molar-refractivity contribution < 1.29 is 29.2 Å². The first-order valence-corrected chi connectivity index (χ1v) is 11.7. The summed E-state index contributed by atoms with van der Waals surface area (Å²) in [4.78, 5) is 13.4. The van der Waals surface area contributed by atoms with Crippen LogP contribution in [0.1, 0.15) is 28.7 Å². The van der Waals surface area contributed by atoms with Gasteiger partial charge in [-0.25, -0.2) is 0 Å². The van der Waals surface area contributed by atoms with Gasteiger partial charge >= 0.3 is 5.97 Å². The summed E-state index contributed by atoms with van der Waals surface area (Å²) in [6, 6.07) is 28.3. The van der Waals surface area contributed by atoms with Gasteiger partial charge in [-0.3, -0.25) is 4.79 Å². The molecule has 0 amide bonds. The van der Waals surface area contributed by atoms with Crippen molar-refractivity contribution >= 4 is 5.97 Å². The fourth-order valence-corrected chi connectivity index (χ4v) is 5.48. The molecule has 0 radical (unpaired) electrons. The number of fused-ring (bicyclic) bond motifs is 1. The van der Waals surface area contributed by atoms with Crippen LogP contribution in [0.15, 0.2) is 97.1 Å². The van der Waals surface area contributed by atoms with Gasteiger partial charge in [-0.2, -0.15) is 0 Å². The summed E-state index contributed by atoms with van der Waals surface area (Å²) >= 11 is 0. The topological polar surface area (TPSA) is 85.2 Å². The van der Waals surface area contributed by atoms with Gasteiger partial charge < -0.3 is 24.4 Å². The summed E-state index contributed by atoms with van der Waals surface area (Å²) in [7, 11) is 1.56. The molecule has 180 valence electrons. The molecule has 3 atom stereocenters. The lowest BCUT2D eigenvalue weighted by Crippen LogP contribution is -2.57. The quantitative estimate of drug-likeness (QED) is 0.312. The number of aliphatic hydroxyl groups is 2. The first kappa shape index (κ1) is 22.3. The van der Waals surface area contributed by atoms with Gasteiger partial charge in [0.1, 0.15) is 34.2 Å². The van der Waals surface area contributed by atoms with Crippen LogP contribution in [0.4, 0.5) is 0 Å².